The highest BCUT2D eigenvalue weighted by molar-refractivity contribution is 6.31. The summed E-state index contributed by atoms with van der Waals surface area (Å²) in [4.78, 5) is 18.0. The molecule has 33 heavy (non-hydrogen) atoms. The highest BCUT2D eigenvalue weighted by atomic mass is 35.5. The summed E-state index contributed by atoms with van der Waals surface area (Å²) in [5.41, 5.74) is 3.28. The number of aromatic nitrogens is 2. The summed E-state index contributed by atoms with van der Waals surface area (Å²) in [5, 5.41) is 0.251. The van der Waals surface area contributed by atoms with Crippen molar-refractivity contribution in [2.45, 2.75) is 6.54 Å². The van der Waals surface area contributed by atoms with Gasteiger partial charge >= 0.3 is 0 Å². The Balaban J connectivity index is 1.82. The number of hydrogen-bond donors (Lipinski definition) is 0. The number of rotatable bonds is 7. The van der Waals surface area contributed by atoms with Gasteiger partial charge in [-0.2, -0.15) is 0 Å². The molecule has 0 radical (unpaired) electrons. The van der Waals surface area contributed by atoms with Crippen LogP contribution in [0, 0.1) is 0 Å². The Morgan fingerprint density at radius 1 is 0.848 bits per heavy atom. The van der Waals surface area contributed by atoms with Crippen molar-refractivity contribution in [1.82, 2.24) is 9.55 Å². The quantitative estimate of drug-likeness (QED) is 0.351. The zero-order valence-electron chi connectivity index (χ0n) is 18.4. The van der Waals surface area contributed by atoms with Crippen LogP contribution in [0.3, 0.4) is 0 Å². The second-order valence-electron chi connectivity index (χ2n) is 7.35. The summed E-state index contributed by atoms with van der Waals surface area (Å²) in [6.45, 7) is 0.332. The zero-order valence-corrected chi connectivity index (χ0v) is 19.1. The molecule has 3 aromatic carbocycles. The van der Waals surface area contributed by atoms with E-state index < -0.39 is 0 Å². The number of hydrogen-bond acceptors (Lipinski definition) is 4. The fourth-order valence-corrected chi connectivity index (χ4v) is 3.80. The van der Waals surface area contributed by atoms with E-state index in [4.69, 9.17) is 21.1 Å². The van der Waals surface area contributed by atoms with E-state index in [1.54, 1.807) is 24.9 Å². The molecular weight excluding hydrogens is 436 g/mol. The molecule has 4 rings (SSSR count). The molecule has 4 aromatic rings. The van der Waals surface area contributed by atoms with Gasteiger partial charge in [-0.15, -0.1) is 0 Å². The van der Waals surface area contributed by atoms with Gasteiger partial charge in [0.25, 0.3) is 5.56 Å². The summed E-state index contributed by atoms with van der Waals surface area (Å²) in [7, 11) is 3.23. The van der Waals surface area contributed by atoms with Crippen molar-refractivity contribution in [3.05, 3.63) is 111 Å². The van der Waals surface area contributed by atoms with Crippen LogP contribution in [0.15, 0.2) is 83.7 Å². The van der Waals surface area contributed by atoms with Gasteiger partial charge in [0.05, 0.1) is 26.5 Å². The van der Waals surface area contributed by atoms with Crippen molar-refractivity contribution >= 4 is 23.8 Å². The molecule has 0 aliphatic carbocycles. The largest absolute Gasteiger partial charge is 0.497 e. The molecule has 5 nitrogen and oxygen atoms in total. The second kappa shape index (κ2) is 10.2. The summed E-state index contributed by atoms with van der Waals surface area (Å²) in [5.74, 6) is 1.47. The van der Waals surface area contributed by atoms with Crippen LogP contribution in [0.5, 0.6) is 11.5 Å². The van der Waals surface area contributed by atoms with Crippen LogP contribution in [0.4, 0.5) is 0 Å². The molecule has 1 heterocycles. The molecule has 0 aliphatic rings. The second-order valence-corrected chi connectivity index (χ2v) is 7.71. The number of halogens is 1. The van der Waals surface area contributed by atoms with Crippen molar-refractivity contribution in [2.24, 2.45) is 0 Å². The number of ether oxygens (including phenoxy) is 2. The van der Waals surface area contributed by atoms with Gasteiger partial charge in [0, 0.05) is 5.56 Å². The van der Waals surface area contributed by atoms with Gasteiger partial charge in [-0.05, 0) is 53.6 Å². The average Bonchev–Trinajstić information content (AvgIpc) is 2.86. The van der Waals surface area contributed by atoms with E-state index in [1.165, 1.54) is 0 Å². The first-order valence-corrected chi connectivity index (χ1v) is 10.8. The molecular formula is C27H23ClN2O3. The molecule has 1 aromatic heterocycles. The van der Waals surface area contributed by atoms with Crippen LogP contribution in [0.2, 0.25) is 5.15 Å². The smallest absolute Gasteiger partial charge is 0.277 e. The highest BCUT2D eigenvalue weighted by Gasteiger charge is 2.17. The van der Waals surface area contributed by atoms with Crippen LogP contribution < -0.4 is 15.0 Å². The Morgan fingerprint density at radius 2 is 1.45 bits per heavy atom. The minimum absolute atomic E-state index is 0.229. The lowest BCUT2D eigenvalue weighted by molar-refractivity contribution is 0.414. The lowest BCUT2D eigenvalue weighted by Gasteiger charge is -2.16. The molecule has 0 amide bonds. The van der Waals surface area contributed by atoms with E-state index in [1.807, 2.05) is 84.9 Å². The van der Waals surface area contributed by atoms with Gasteiger partial charge in [0.15, 0.2) is 5.15 Å². The molecule has 0 saturated carbocycles. The van der Waals surface area contributed by atoms with Crippen LogP contribution in [-0.4, -0.2) is 23.8 Å². The van der Waals surface area contributed by atoms with E-state index >= 15 is 0 Å². The lowest BCUT2D eigenvalue weighted by atomic mass is 10.1. The third-order valence-electron chi connectivity index (χ3n) is 5.24. The third-order valence-corrected chi connectivity index (χ3v) is 5.51. The lowest BCUT2D eigenvalue weighted by Crippen LogP contribution is -2.26. The third kappa shape index (κ3) is 5.16. The molecule has 0 fully saturated rings. The Kier molecular flexibility index (Phi) is 6.91. The predicted octanol–water partition coefficient (Wildman–Crippen LogP) is 5.80. The number of benzene rings is 3. The summed E-state index contributed by atoms with van der Waals surface area (Å²) < 4.78 is 12.2. The minimum Gasteiger partial charge on any atom is -0.497 e. The van der Waals surface area contributed by atoms with Gasteiger partial charge in [0.1, 0.15) is 17.2 Å². The van der Waals surface area contributed by atoms with Crippen LogP contribution in [0.25, 0.3) is 23.4 Å². The van der Waals surface area contributed by atoms with Crippen molar-refractivity contribution in [1.29, 1.82) is 0 Å². The molecule has 166 valence electrons. The molecule has 6 heteroatoms. The number of nitrogens with zero attached hydrogens (tertiary/aromatic N) is 2. The normalized spacial score (nSPS) is 11.0. The van der Waals surface area contributed by atoms with Gasteiger partial charge in [-0.1, -0.05) is 60.1 Å². The fraction of sp³-hybridized carbons (Fsp3) is 0.111. The first-order chi connectivity index (χ1) is 16.1. The van der Waals surface area contributed by atoms with Crippen LogP contribution >= 0.6 is 11.6 Å². The topological polar surface area (TPSA) is 53.4 Å². The van der Waals surface area contributed by atoms with Crippen molar-refractivity contribution < 1.29 is 9.47 Å². The Bertz CT molecular complexity index is 1310. The van der Waals surface area contributed by atoms with E-state index in [2.05, 4.69) is 4.98 Å². The molecule has 0 saturated heterocycles. The maximum Gasteiger partial charge on any atom is 0.277 e. The molecule has 0 spiro atoms. The molecule has 0 atom stereocenters. The molecule has 0 N–H and O–H groups in total. The first-order valence-electron chi connectivity index (χ1n) is 10.4. The molecule has 0 unspecified atom stereocenters. The van der Waals surface area contributed by atoms with Crippen LogP contribution in [0.1, 0.15) is 16.8 Å². The minimum atomic E-state index is -0.229. The molecule has 0 bridgehead atoms. The first kappa shape index (κ1) is 22.4. The van der Waals surface area contributed by atoms with E-state index in [9.17, 15) is 4.79 Å². The Morgan fingerprint density at radius 3 is 2.06 bits per heavy atom. The summed E-state index contributed by atoms with van der Waals surface area (Å²) in [6.07, 6.45) is 3.55. The monoisotopic (exact) mass is 458 g/mol. The summed E-state index contributed by atoms with van der Waals surface area (Å²) >= 11 is 6.65. The van der Waals surface area contributed by atoms with E-state index in [0.29, 0.717) is 18.0 Å². The van der Waals surface area contributed by atoms with Crippen molar-refractivity contribution in [3.63, 3.8) is 0 Å². The highest BCUT2D eigenvalue weighted by Crippen LogP contribution is 2.28. The molecule has 0 aliphatic heterocycles. The Hall–Kier alpha value is -3.83. The zero-order chi connectivity index (χ0) is 23.2. The summed E-state index contributed by atoms with van der Waals surface area (Å²) in [6, 6.07) is 24.7. The standard InChI is InChI=1S/C27H23ClN2O3/c1-32-22-13-8-20(9-14-22)18-30-25(21-11-15-23(33-2)16-12-21)26(28)29-24(27(30)31)17-10-19-6-4-3-5-7-19/h3-17H,18H2,1-2H3/b17-10-. The Labute approximate surface area is 197 Å². The predicted molar refractivity (Wildman–Crippen MR) is 133 cm³/mol. The maximum absolute atomic E-state index is 13.5. The van der Waals surface area contributed by atoms with Gasteiger partial charge in [-0.25, -0.2) is 4.98 Å². The van der Waals surface area contributed by atoms with E-state index in [0.717, 1.165) is 22.4 Å². The van der Waals surface area contributed by atoms with Gasteiger partial charge in [0.2, 0.25) is 0 Å². The SMILES string of the molecule is COc1ccc(Cn2c(-c3ccc(OC)cc3)c(Cl)nc(/C=C\c3ccccc3)c2=O)cc1. The van der Waals surface area contributed by atoms with Crippen molar-refractivity contribution in [2.75, 3.05) is 14.2 Å². The average molecular weight is 459 g/mol. The van der Waals surface area contributed by atoms with Crippen LogP contribution in [-0.2, 0) is 6.54 Å². The number of methoxy groups -OCH3 is 2. The fourth-order valence-electron chi connectivity index (χ4n) is 3.49. The van der Waals surface area contributed by atoms with Gasteiger partial charge < -0.3 is 9.47 Å². The van der Waals surface area contributed by atoms with Crippen molar-refractivity contribution in [3.8, 4) is 22.8 Å². The maximum atomic E-state index is 13.5. The van der Waals surface area contributed by atoms with Gasteiger partial charge in [-0.3, -0.25) is 9.36 Å². The van der Waals surface area contributed by atoms with E-state index in [-0.39, 0.29) is 16.4 Å².